The lowest BCUT2D eigenvalue weighted by Crippen LogP contribution is -2.33. The molecular formula is C20H20N6OS. The molecule has 3 unspecified atom stereocenters. The van der Waals surface area contributed by atoms with Crippen molar-refractivity contribution in [2.45, 2.75) is 32.7 Å². The zero-order valence-electron chi connectivity index (χ0n) is 15.6. The first kappa shape index (κ1) is 17.4. The maximum atomic E-state index is 13.2. The Kier molecular flexibility index (Phi) is 3.97. The molecule has 1 amide bonds. The maximum Gasteiger partial charge on any atom is 0.232 e. The Labute approximate surface area is 168 Å². The third-order valence-electron chi connectivity index (χ3n) is 5.76. The third kappa shape index (κ3) is 2.79. The lowest BCUT2D eigenvalue weighted by atomic mass is 9.96. The molecule has 0 spiro atoms. The fourth-order valence-corrected chi connectivity index (χ4v) is 4.41. The van der Waals surface area contributed by atoms with Crippen molar-refractivity contribution < 1.29 is 4.79 Å². The van der Waals surface area contributed by atoms with Crippen LogP contribution in [0.2, 0.25) is 0 Å². The van der Waals surface area contributed by atoms with Crippen molar-refractivity contribution in [3.8, 4) is 11.3 Å². The fraction of sp³-hybridized carbons (Fsp3) is 0.350. The number of hydrogen-bond acceptors (Lipinski definition) is 6. The second-order valence-corrected chi connectivity index (χ2v) is 8.04. The van der Waals surface area contributed by atoms with Gasteiger partial charge in [-0.2, -0.15) is 19.4 Å². The van der Waals surface area contributed by atoms with Crippen molar-refractivity contribution in [1.82, 2.24) is 24.4 Å². The summed E-state index contributed by atoms with van der Waals surface area (Å²) < 4.78 is 1.50. The molecule has 0 bridgehead atoms. The largest absolute Gasteiger partial charge is 0.293 e. The number of amides is 1. The van der Waals surface area contributed by atoms with Crippen LogP contribution in [-0.2, 0) is 11.2 Å². The van der Waals surface area contributed by atoms with Gasteiger partial charge >= 0.3 is 0 Å². The molecule has 2 fully saturated rings. The summed E-state index contributed by atoms with van der Waals surface area (Å²) in [7, 11) is 0. The molecule has 5 rings (SSSR count). The van der Waals surface area contributed by atoms with Gasteiger partial charge < -0.3 is 0 Å². The smallest absolute Gasteiger partial charge is 0.232 e. The Morgan fingerprint density at radius 1 is 1.18 bits per heavy atom. The van der Waals surface area contributed by atoms with E-state index in [-0.39, 0.29) is 17.9 Å². The second-order valence-electron chi connectivity index (χ2n) is 7.66. The lowest BCUT2D eigenvalue weighted by Gasteiger charge is -2.20. The predicted molar refractivity (Wildman–Crippen MR) is 108 cm³/mol. The molecule has 0 N–H and O–H groups in total. The third-order valence-corrected chi connectivity index (χ3v) is 6.06. The molecule has 28 heavy (non-hydrogen) atoms. The van der Waals surface area contributed by atoms with Gasteiger partial charge in [0.25, 0.3) is 0 Å². The van der Waals surface area contributed by atoms with E-state index in [1.807, 2.05) is 37.1 Å². The van der Waals surface area contributed by atoms with Crippen LogP contribution in [0.3, 0.4) is 0 Å². The average molecular weight is 392 g/mol. The van der Waals surface area contributed by atoms with Crippen LogP contribution in [0.15, 0.2) is 36.8 Å². The number of aryl methyl sites for hydroxylation is 2. The number of pyridine rings is 1. The van der Waals surface area contributed by atoms with Crippen LogP contribution >= 0.6 is 12.8 Å². The minimum atomic E-state index is -0.00878. The summed E-state index contributed by atoms with van der Waals surface area (Å²) in [6.07, 6.45) is 7.03. The first-order valence-corrected chi connectivity index (χ1v) is 9.74. The predicted octanol–water partition coefficient (Wildman–Crippen LogP) is 2.64. The number of piperidine rings is 1. The highest BCUT2D eigenvalue weighted by Gasteiger charge is 2.59. The molecule has 1 saturated carbocycles. The zero-order valence-corrected chi connectivity index (χ0v) is 16.5. The van der Waals surface area contributed by atoms with E-state index in [0.717, 1.165) is 46.7 Å². The van der Waals surface area contributed by atoms with Gasteiger partial charge in [-0.25, -0.2) is 0 Å². The monoisotopic (exact) mass is 392 g/mol. The van der Waals surface area contributed by atoms with E-state index < -0.39 is 0 Å². The SMILES string of the molecule is Cc1ccc(CC2C(=O)N(c3cc(-c4cnncc4C)nn3S)C3CC23)cn1. The first-order valence-electron chi connectivity index (χ1n) is 9.34. The summed E-state index contributed by atoms with van der Waals surface area (Å²) in [5.74, 6) is 1.25. The fourth-order valence-electron chi connectivity index (χ4n) is 4.16. The summed E-state index contributed by atoms with van der Waals surface area (Å²) in [6, 6.07) is 6.22. The van der Waals surface area contributed by atoms with E-state index in [4.69, 9.17) is 0 Å². The molecule has 0 aromatic carbocycles. The van der Waals surface area contributed by atoms with Gasteiger partial charge in [0, 0.05) is 35.5 Å². The van der Waals surface area contributed by atoms with Crippen LogP contribution in [0.25, 0.3) is 11.3 Å². The summed E-state index contributed by atoms with van der Waals surface area (Å²) in [5.41, 5.74) is 4.71. The summed E-state index contributed by atoms with van der Waals surface area (Å²) in [5, 5.41) is 12.3. The number of nitrogens with zero attached hydrogens (tertiary/aromatic N) is 6. The van der Waals surface area contributed by atoms with Crippen LogP contribution in [-0.4, -0.2) is 36.3 Å². The van der Waals surface area contributed by atoms with E-state index >= 15 is 0 Å². The van der Waals surface area contributed by atoms with E-state index in [0.29, 0.717) is 5.92 Å². The number of thiol groups is 1. The molecule has 4 heterocycles. The number of rotatable bonds is 4. The topological polar surface area (TPSA) is 76.8 Å². The van der Waals surface area contributed by atoms with Gasteiger partial charge in [0.05, 0.1) is 18.1 Å². The van der Waals surface area contributed by atoms with E-state index in [2.05, 4.69) is 39.2 Å². The first-order chi connectivity index (χ1) is 13.5. The van der Waals surface area contributed by atoms with Crippen LogP contribution in [0.1, 0.15) is 23.2 Å². The summed E-state index contributed by atoms with van der Waals surface area (Å²) in [4.78, 5) is 19.4. The second kappa shape index (κ2) is 6.41. The molecule has 3 atom stereocenters. The van der Waals surface area contributed by atoms with Crippen LogP contribution in [0.4, 0.5) is 5.82 Å². The Balaban J connectivity index is 1.43. The number of carbonyl (C=O) groups is 1. The number of hydrogen-bond donors (Lipinski definition) is 1. The number of carbonyl (C=O) groups excluding carboxylic acids is 1. The Bertz CT molecular complexity index is 1060. The molecule has 8 heteroatoms. The van der Waals surface area contributed by atoms with Gasteiger partial charge in [-0.15, -0.1) is 0 Å². The van der Waals surface area contributed by atoms with E-state index in [1.165, 1.54) is 4.09 Å². The van der Waals surface area contributed by atoms with Crippen molar-refractivity contribution in [3.05, 3.63) is 53.6 Å². The molecule has 1 aliphatic heterocycles. The normalized spacial score (nSPS) is 23.2. The highest BCUT2D eigenvalue weighted by atomic mass is 32.1. The molecule has 2 aliphatic rings. The number of anilines is 1. The quantitative estimate of drug-likeness (QED) is 0.691. The van der Waals surface area contributed by atoms with Crippen molar-refractivity contribution in [1.29, 1.82) is 0 Å². The van der Waals surface area contributed by atoms with Crippen molar-refractivity contribution in [2.75, 3.05) is 4.90 Å². The van der Waals surface area contributed by atoms with Crippen LogP contribution in [0, 0.1) is 25.7 Å². The Morgan fingerprint density at radius 2 is 2.00 bits per heavy atom. The molecule has 3 aromatic rings. The minimum Gasteiger partial charge on any atom is -0.293 e. The Hall–Kier alpha value is -2.74. The molecule has 3 aromatic heterocycles. The van der Waals surface area contributed by atoms with Gasteiger partial charge in [-0.3, -0.25) is 14.7 Å². The number of fused-ring (bicyclic) bond motifs is 1. The van der Waals surface area contributed by atoms with Gasteiger partial charge in [-0.05, 0) is 62.6 Å². The molecular weight excluding hydrogens is 372 g/mol. The molecule has 7 nitrogen and oxygen atoms in total. The zero-order chi connectivity index (χ0) is 19.4. The standard InChI is InChI=1S/C20H20N6OS/c1-11-8-22-23-10-16(11)17-7-19(26(28)24-17)25-18-6-14(18)15(20(25)27)5-13-4-3-12(2)21-9-13/h3-4,7-10,14-15,18,28H,5-6H2,1-2H3. The molecule has 142 valence electrons. The maximum absolute atomic E-state index is 13.2. The van der Waals surface area contributed by atoms with Crippen molar-refractivity contribution >= 4 is 24.5 Å². The van der Waals surface area contributed by atoms with Crippen LogP contribution in [0.5, 0.6) is 0 Å². The lowest BCUT2D eigenvalue weighted by molar-refractivity contribution is -0.121. The van der Waals surface area contributed by atoms with E-state index in [9.17, 15) is 4.79 Å². The highest BCUT2D eigenvalue weighted by molar-refractivity contribution is 7.78. The average Bonchev–Trinajstić information content (AvgIpc) is 3.29. The van der Waals surface area contributed by atoms with Crippen molar-refractivity contribution in [3.63, 3.8) is 0 Å². The van der Waals surface area contributed by atoms with Gasteiger partial charge in [-0.1, -0.05) is 6.07 Å². The Morgan fingerprint density at radius 3 is 2.75 bits per heavy atom. The molecule has 1 saturated heterocycles. The van der Waals surface area contributed by atoms with Gasteiger partial charge in [0.1, 0.15) is 5.82 Å². The summed E-state index contributed by atoms with van der Waals surface area (Å²) >= 11 is 4.48. The minimum absolute atomic E-state index is 0.00878. The molecule has 0 radical (unpaired) electrons. The van der Waals surface area contributed by atoms with Crippen molar-refractivity contribution in [2.24, 2.45) is 11.8 Å². The highest BCUT2D eigenvalue weighted by Crippen LogP contribution is 2.52. The van der Waals surface area contributed by atoms with Crippen LogP contribution < -0.4 is 4.90 Å². The van der Waals surface area contributed by atoms with Gasteiger partial charge in [0.2, 0.25) is 5.91 Å². The van der Waals surface area contributed by atoms with Gasteiger partial charge in [0.15, 0.2) is 0 Å². The summed E-state index contributed by atoms with van der Waals surface area (Å²) in [6.45, 7) is 3.93. The molecule has 1 aliphatic carbocycles. The van der Waals surface area contributed by atoms with E-state index in [1.54, 1.807) is 12.4 Å². The number of aromatic nitrogens is 5.